The van der Waals surface area contributed by atoms with Gasteiger partial charge in [-0.05, 0) is 29.3 Å². The van der Waals surface area contributed by atoms with Crippen molar-refractivity contribution >= 4 is 22.8 Å². The van der Waals surface area contributed by atoms with Crippen molar-refractivity contribution in [3.8, 4) is 0 Å². The third kappa shape index (κ3) is 2.64. The maximum absolute atomic E-state index is 11.6. The Hall–Kier alpha value is -3.12. The van der Waals surface area contributed by atoms with Crippen molar-refractivity contribution in [2.24, 2.45) is 0 Å². The molecule has 0 bridgehead atoms. The molecule has 1 aliphatic heterocycles. The van der Waals surface area contributed by atoms with E-state index in [0.717, 1.165) is 27.7 Å². The fraction of sp³-hybridized carbons (Fsp3) is 0.200. The highest BCUT2D eigenvalue weighted by atomic mass is 16.5. The quantitative estimate of drug-likeness (QED) is 0.632. The Morgan fingerprint density at radius 1 is 1.12 bits per heavy atom. The molecule has 1 aromatic heterocycles. The minimum atomic E-state index is -0.878. The van der Waals surface area contributed by atoms with E-state index in [-0.39, 0.29) is 6.04 Å². The number of aromatic nitrogens is 1. The highest BCUT2D eigenvalue weighted by Gasteiger charge is 2.33. The summed E-state index contributed by atoms with van der Waals surface area (Å²) >= 11 is 0. The molecule has 0 saturated carbocycles. The van der Waals surface area contributed by atoms with Gasteiger partial charge in [-0.25, -0.2) is 4.79 Å². The Bertz CT molecular complexity index is 991. The molecule has 3 aromatic rings. The van der Waals surface area contributed by atoms with Crippen LogP contribution in [0.3, 0.4) is 0 Å². The van der Waals surface area contributed by atoms with E-state index in [1.165, 1.54) is 7.11 Å². The molecule has 0 amide bonds. The van der Waals surface area contributed by atoms with Crippen molar-refractivity contribution in [3.63, 3.8) is 0 Å². The molecule has 0 spiro atoms. The van der Waals surface area contributed by atoms with Crippen LogP contribution in [0.1, 0.15) is 33.2 Å². The fourth-order valence-electron chi connectivity index (χ4n) is 3.59. The van der Waals surface area contributed by atoms with Crippen molar-refractivity contribution in [1.82, 2.24) is 10.3 Å². The van der Waals surface area contributed by atoms with E-state index in [1.807, 2.05) is 36.4 Å². The molecule has 1 aliphatic rings. The van der Waals surface area contributed by atoms with Gasteiger partial charge in [0.1, 0.15) is 6.04 Å². The number of carbonyl (C=O) groups excluding carboxylic acids is 1. The molecule has 6 nitrogen and oxygen atoms in total. The zero-order valence-corrected chi connectivity index (χ0v) is 14.2. The number of methoxy groups -OCH3 is 1. The summed E-state index contributed by atoms with van der Waals surface area (Å²) in [4.78, 5) is 26.7. The van der Waals surface area contributed by atoms with Crippen LogP contribution >= 0.6 is 0 Å². The smallest absolute Gasteiger partial charge is 0.337 e. The second-order valence-electron chi connectivity index (χ2n) is 6.37. The van der Waals surface area contributed by atoms with E-state index in [0.29, 0.717) is 12.0 Å². The first kappa shape index (κ1) is 16.4. The Morgan fingerprint density at radius 3 is 2.54 bits per heavy atom. The van der Waals surface area contributed by atoms with Crippen molar-refractivity contribution in [3.05, 3.63) is 70.9 Å². The van der Waals surface area contributed by atoms with Crippen LogP contribution in [0.2, 0.25) is 0 Å². The molecular weight excluding hydrogens is 332 g/mol. The van der Waals surface area contributed by atoms with Gasteiger partial charge in [0.25, 0.3) is 0 Å². The van der Waals surface area contributed by atoms with Gasteiger partial charge in [-0.15, -0.1) is 0 Å². The Balaban J connectivity index is 1.80. The second kappa shape index (κ2) is 6.31. The van der Waals surface area contributed by atoms with E-state index in [9.17, 15) is 14.7 Å². The van der Waals surface area contributed by atoms with Crippen LogP contribution in [-0.2, 0) is 16.0 Å². The Labute approximate surface area is 149 Å². The minimum Gasteiger partial charge on any atom is -0.480 e. The molecule has 26 heavy (non-hydrogen) atoms. The van der Waals surface area contributed by atoms with Crippen LogP contribution in [-0.4, -0.2) is 35.2 Å². The highest BCUT2D eigenvalue weighted by molar-refractivity contribution is 5.89. The summed E-state index contributed by atoms with van der Waals surface area (Å²) in [5.74, 6) is -1.28. The van der Waals surface area contributed by atoms with Gasteiger partial charge in [-0.1, -0.05) is 30.3 Å². The number of aliphatic carboxylic acids is 1. The van der Waals surface area contributed by atoms with Gasteiger partial charge in [-0.2, -0.15) is 0 Å². The molecule has 0 radical (unpaired) electrons. The normalized spacial score (nSPS) is 19.1. The summed E-state index contributed by atoms with van der Waals surface area (Å²) in [6.07, 6.45) is 0.422. The number of carbonyl (C=O) groups is 2. The largest absolute Gasteiger partial charge is 0.480 e. The molecule has 0 saturated heterocycles. The van der Waals surface area contributed by atoms with Crippen LogP contribution in [0.4, 0.5) is 0 Å². The van der Waals surface area contributed by atoms with Crippen molar-refractivity contribution in [2.45, 2.75) is 18.5 Å². The lowest BCUT2D eigenvalue weighted by atomic mass is 9.90. The summed E-state index contributed by atoms with van der Waals surface area (Å²) in [5.41, 5.74) is 4.32. The van der Waals surface area contributed by atoms with Gasteiger partial charge in [-0.3, -0.25) is 10.1 Å². The molecule has 1 unspecified atom stereocenters. The second-order valence-corrected chi connectivity index (χ2v) is 6.37. The molecule has 3 N–H and O–H groups in total. The van der Waals surface area contributed by atoms with Gasteiger partial charge < -0.3 is 14.8 Å². The van der Waals surface area contributed by atoms with Crippen molar-refractivity contribution in [1.29, 1.82) is 0 Å². The van der Waals surface area contributed by atoms with Gasteiger partial charge in [0.05, 0.1) is 18.7 Å². The molecule has 2 aromatic carbocycles. The number of benzene rings is 2. The van der Waals surface area contributed by atoms with Crippen LogP contribution in [0.15, 0.2) is 48.5 Å². The predicted octanol–water partition coefficient (Wildman–Crippen LogP) is 2.64. The Kier molecular flexibility index (Phi) is 3.97. The van der Waals surface area contributed by atoms with E-state index in [1.54, 1.807) is 12.1 Å². The molecule has 2 heterocycles. The number of aromatic amines is 1. The van der Waals surface area contributed by atoms with Crippen LogP contribution < -0.4 is 5.32 Å². The standard InChI is InChI=1S/C20H18N2O4/c1-26-20(25)12-8-6-11(7-9-12)17-18-14(10-16(22-17)19(23)24)13-4-2-3-5-15(13)21-18/h2-9,16-17,21-22H,10H2,1H3,(H,23,24)/t16-,17?/m0/s1. The molecular formula is C20H18N2O4. The molecule has 0 aliphatic carbocycles. The van der Waals surface area contributed by atoms with Crippen molar-refractivity contribution < 1.29 is 19.4 Å². The molecule has 4 rings (SSSR count). The number of hydrogen-bond donors (Lipinski definition) is 3. The number of fused-ring (bicyclic) bond motifs is 3. The number of nitrogens with one attached hydrogen (secondary N) is 2. The summed E-state index contributed by atoms with van der Waals surface area (Å²) in [7, 11) is 1.34. The Morgan fingerprint density at radius 2 is 1.85 bits per heavy atom. The van der Waals surface area contributed by atoms with Gasteiger partial charge >= 0.3 is 11.9 Å². The minimum absolute atomic E-state index is 0.293. The van der Waals surface area contributed by atoms with Crippen molar-refractivity contribution in [2.75, 3.05) is 7.11 Å². The lowest BCUT2D eigenvalue weighted by Gasteiger charge is -2.29. The van der Waals surface area contributed by atoms with E-state index < -0.39 is 18.0 Å². The third-order valence-electron chi connectivity index (χ3n) is 4.87. The van der Waals surface area contributed by atoms with Crippen LogP contribution in [0.5, 0.6) is 0 Å². The summed E-state index contributed by atoms with van der Waals surface area (Å²) in [6.45, 7) is 0. The molecule has 132 valence electrons. The number of carboxylic acid groups (broad SMARTS) is 1. The summed E-state index contributed by atoms with van der Waals surface area (Å²) in [6, 6.07) is 14.0. The lowest BCUT2D eigenvalue weighted by molar-refractivity contribution is -0.139. The first-order chi connectivity index (χ1) is 12.6. The zero-order valence-electron chi connectivity index (χ0n) is 14.2. The number of ether oxygens (including phenoxy) is 1. The maximum atomic E-state index is 11.6. The average molecular weight is 350 g/mol. The fourth-order valence-corrected chi connectivity index (χ4v) is 3.59. The van der Waals surface area contributed by atoms with Crippen LogP contribution in [0, 0.1) is 0 Å². The number of esters is 1. The zero-order chi connectivity index (χ0) is 18.3. The SMILES string of the molecule is COC(=O)c1ccc(C2N[C@H](C(=O)O)Cc3c2[nH]c2ccccc32)cc1. The highest BCUT2D eigenvalue weighted by Crippen LogP contribution is 2.35. The monoisotopic (exact) mass is 350 g/mol. The van der Waals surface area contributed by atoms with Crippen LogP contribution in [0.25, 0.3) is 10.9 Å². The number of para-hydroxylation sites is 1. The lowest BCUT2D eigenvalue weighted by Crippen LogP contribution is -2.44. The topological polar surface area (TPSA) is 91.4 Å². The first-order valence-electron chi connectivity index (χ1n) is 8.35. The molecule has 0 fully saturated rings. The third-order valence-corrected chi connectivity index (χ3v) is 4.87. The van der Waals surface area contributed by atoms with E-state index in [2.05, 4.69) is 10.3 Å². The van der Waals surface area contributed by atoms with E-state index >= 15 is 0 Å². The summed E-state index contributed by atoms with van der Waals surface area (Å²) < 4.78 is 4.73. The van der Waals surface area contributed by atoms with Gasteiger partial charge in [0.2, 0.25) is 0 Å². The van der Waals surface area contributed by atoms with Gasteiger partial charge in [0, 0.05) is 23.0 Å². The molecule has 6 heteroatoms. The van der Waals surface area contributed by atoms with E-state index in [4.69, 9.17) is 4.74 Å². The predicted molar refractivity (Wildman–Crippen MR) is 96.2 cm³/mol. The number of H-pyrrole nitrogens is 1. The first-order valence-corrected chi connectivity index (χ1v) is 8.35. The summed E-state index contributed by atoms with van der Waals surface area (Å²) in [5, 5.41) is 13.8. The number of carboxylic acids is 1. The maximum Gasteiger partial charge on any atom is 0.337 e. The molecule has 2 atom stereocenters. The average Bonchev–Trinajstić information content (AvgIpc) is 3.05. The number of hydrogen-bond acceptors (Lipinski definition) is 4. The van der Waals surface area contributed by atoms with Gasteiger partial charge in [0.15, 0.2) is 0 Å². The number of rotatable bonds is 3.